The fourth-order valence-corrected chi connectivity index (χ4v) is 3.53. The topological polar surface area (TPSA) is 106 Å². The number of sulfonamides is 1. The van der Waals surface area contributed by atoms with Crippen LogP contribution in [0.25, 0.3) is 0 Å². The van der Waals surface area contributed by atoms with E-state index in [0.717, 1.165) is 6.20 Å². The third-order valence-corrected chi connectivity index (χ3v) is 5.12. The van der Waals surface area contributed by atoms with Crippen LogP contribution in [0.15, 0.2) is 23.4 Å². The molecule has 0 aromatic carbocycles. The summed E-state index contributed by atoms with van der Waals surface area (Å²) in [4.78, 5) is 14.5. The van der Waals surface area contributed by atoms with Gasteiger partial charge in [0.25, 0.3) is 10.0 Å². The monoisotopic (exact) mass is 316 g/mol. The Balaban J connectivity index is 2.24. The van der Waals surface area contributed by atoms with Crippen LogP contribution in [0, 0.1) is 0 Å². The lowest BCUT2D eigenvalue weighted by molar-refractivity contribution is -0.00461. The first-order valence-corrected chi connectivity index (χ1v) is 7.59. The van der Waals surface area contributed by atoms with Crippen LogP contribution >= 0.6 is 0 Å². The van der Waals surface area contributed by atoms with Gasteiger partial charge in [-0.25, -0.2) is 18.2 Å². The summed E-state index contributed by atoms with van der Waals surface area (Å²) < 4.78 is 36.5. The number of hydrogen-bond donors (Lipinski definition) is 1. The molecule has 2 rings (SSSR count). The number of ether oxygens (including phenoxy) is 2. The van der Waals surface area contributed by atoms with E-state index in [4.69, 9.17) is 14.6 Å². The third kappa shape index (κ3) is 3.05. The molecule has 1 aliphatic rings. The van der Waals surface area contributed by atoms with E-state index >= 15 is 0 Å². The van der Waals surface area contributed by atoms with Crippen LogP contribution in [0.1, 0.15) is 10.4 Å². The lowest BCUT2D eigenvalue weighted by Crippen LogP contribution is -2.30. The molecule has 1 aliphatic heterocycles. The molecule has 0 saturated carbocycles. The molecule has 21 heavy (non-hydrogen) atoms. The van der Waals surface area contributed by atoms with Crippen LogP contribution in [0.2, 0.25) is 0 Å². The molecule has 9 heteroatoms. The Morgan fingerprint density at radius 1 is 1.29 bits per heavy atom. The van der Waals surface area contributed by atoms with Crippen molar-refractivity contribution >= 4 is 16.0 Å². The van der Waals surface area contributed by atoms with Gasteiger partial charge in [-0.15, -0.1) is 0 Å². The number of pyridine rings is 1. The molecule has 1 aromatic heterocycles. The first-order chi connectivity index (χ1) is 9.90. The fraction of sp³-hybridized carbons (Fsp3) is 0.500. The molecule has 1 aromatic rings. The second kappa shape index (κ2) is 6.06. The largest absolute Gasteiger partial charge is 0.478 e. The van der Waals surface area contributed by atoms with Crippen molar-refractivity contribution in [1.82, 2.24) is 9.29 Å². The number of aromatic nitrogens is 1. The molecule has 0 spiro atoms. The van der Waals surface area contributed by atoms with Crippen molar-refractivity contribution in [2.75, 3.05) is 27.3 Å². The Labute approximate surface area is 122 Å². The minimum absolute atomic E-state index is 0.0695. The van der Waals surface area contributed by atoms with Gasteiger partial charge in [0.05, 0.1) is 17.8 Å². The van der Waals surface area contributed by atoms with Gasteiger partial charge in [-0.05, 0) is 12.1 Å². The molecule has 2 unspecified atom stereocenters. The van der Waals surface area contributed by atoms with E-state index < -0.39 is 16.0 Å². The van der Waals surface area contributed by atoms with E-state index in [1.165, 1.54) is 30.7 Å². The Morgan fingerprint density at radius 3 is 2.24 bits per heavy atom. The minimum Gasteiger partial charge on any atom is -0.478 e. The Kier molecular flexibility index (Phi) is 4.57. The van der Waals surface area contributed by atoms with Gasteiger partial charge in [0.2, 0.25) is 0 Å². The van der Waals surface area contributed by atoms with Crippen LogP contribution in [0.4, 0.5) is 0 Å². The zero-order chi connectivity index (χ0) is 15.6. The average molecular weight is 316 g/mol. The number of carboxylic acids is 1. The lowest BCUT2D eigenvalue weighted by atomic mass is 10.3. The molecular weight excluding hydrogens is 300 g/mol. The predicted octanol–water partition coefficient (Wildman–Crippen LogP) is -0.186. The van der Waals surface area contributed by atoms with Crippen molar-refractivity contribution in [2.45, 2.75) is 17.2 Å². The first-order valence-electron chi connectivity index (χ1n) is 6.15. The van der Waals surface area contributed by atoms with E-state index in [2.05, 4.69) is 4.98 Å². The predicted molar refractivity (Wildman–Crippen MR) is 71.5 cm³/mol. The highest BCUT2D eigenvalue weighted by atomic mass is 32.2. The summed E-state index contributed by atoms with van der Waals surface area (Å²) in [6.07, 6.45) is 0.332. The number of carbonyl (C=O) groups is 1. The molecule has 1 N–H and O–H groups in total. The van der Waals surface area contributed by atoms with Crippen LogP contribution in [-0.4, -0.2) is 68.3 Å². The van der Waals surface area contributed by atoms with Crippen molar-refractivity contribution in [2.24, 2.45) is 0 Å². The fourth-order valence-electron chi connectivity index (χ4n) is 2.15. The van der Waals surface area contributed by atoms with Gasteiger partial charge in [0.1, 0.15) is 0 Å². The standard InChI is InChI=1S/C12H16N2O6S/c1-19-9-6-14(7-10(9)20-2)21(17,18)11-4-3-8(5-13-11)12(15)16/h3-5,9-10H,6-7H2,1-2H3,(H,15,16). The summed E-state index contributed by atoms with van der Waals surface area (Å²) in [5, 5.41) is 8.60. The second-order valence-corrected chi connectivity index (χ2v) is 6.45. The van der Waals surface area contributed by atoms with Gasteiger partial charge in [-0.2, -0.15) is 4.31 Å². The summed E-state index contributed by atoms with van der Waals surface area (Å²) >= 11 is 0. The molecule has 116 valence electrons. The average Bonchev–Trinajstić information content (AvgIpc) is 2.91. The molecule has 0 amide bonds. The number of aromatic carboxylic acids is 1. The van der Waals surface area contributed by atoms with Gasteiger partial charge in [0, 0.05) is 33.5 Å². The van der Waals surface area contributed by atoms with E-state index in [1.54, 1.807) is 0 Å². The van der Waals surface area contributed by atoms with Gasteiger partial charge >= 0.3 is 5.97 Å². The second-order valence-electron chi connectivity index (χ2n) is 4.56. The van der Waals surface area contributed by atoms with Crippen LogP contribution < -0.4 is 0 Å². The molecule has 8 nitrogen and oxygen atoms in total. The van der Waals surface area contributed by atoms with Crippen molar-refractivity contribution in [3.8, 4) is 0 Å². The molecule has 2 heterocycles. The highest BCUT2D eigenvalue weighted by Crippen LogP contribution is 2.23. The van der Waals surface area contributed by atoms with Crippen LogP contribution in [-0.2, 0) is 19.5 Å². The minimum atomic E-state index is -3.80. The zero-order valence-corrected chi connectivity index (χ0v) is 12.4. The number of hydrogen-bond acceptors (Lipinski definition) is 6. The summed E-state index contributed by atoms with van der Waals surface area (Å²) in [5.74, 6) is -1.16. The summed E-state index contributed by atoms with van der Waals surface area (Å²) in [6.45, 7) is 0.333. The highest BCUT2D eigenvalue weighted by Gasteiger charge is 2.40. The van der Waals surface area contributed by atoms with Gasteiger partial charge in [-0.1, -0.05) is 0 Å². The highest BCUT2D eigenvalue weighted by molar-refractivity contribution is 7.89. The van der Waals surface area contributed by atoms with E-state index in [-0.39, 0.29) is 35.9 Å². The van der Waals surface area contributed by atoms with E-state index in [1.807, 2.05) is 0 Å². The molecule has 0 bridgehead atoms. The van der Waals surface area contributed by atoms with Crippen LogP contribution in [0.3, 0.4) is 0 Å². The zero-order valence-electron chi connectivity index (χ0n) is 11.6. The maximum absolute atomic E-state index is 12.4. The maximum Gasteiger partial charge on any atom is 0.337 e. The van der Waals surface area contributed by atoms with Gasteiger partial charge < -0.3 is 14.6 Å². The Morgan fingerprint density at radius 2 is 1.86 bits per heavy atom. The number of nitrogens with zero attached hydrogens (tertiary/aromatic N) is 2. The smallest absolute Gasteiger partial charge is 0.337 e. The number of carboxylic acid groups (broad SMARTS) is 1. The van der Waals surface area contributed by atoms with Crippen molar-refractivity contribution in [1.29, 1.82) is 0 Å². The summed E-state index contributed by atoms with van der Waals surface area (Å²) in [7, 11) is -0.812. The van der Waals surface area contributed by atoms with Crippen molar-refractivity contribution in [3.05, 3.63) is 23.9 Å². The SMILES string of the molecule is COC1CN(S(=O)(=O)c2ccc(C(=O)O)cn2)CC1OC. The molecule has 1 fully saturated rings. The molecule has 0 aliphatic carbocycles. The molecule has 0 radical (unpaired) electrons. The van der Waals surface area contributed by atoms with Crippen LogP contribution in [0.5, 0.6) is 0 Å². The summed E-state index contributed by atoms with van der Waals surface area (Å²) in [5.41, 5.74) is -0.0695. The molecule has 1 saturated heterocycles. The Hall–Kier alpha value is -1.55. The quantitative estimate of drug-likeness (QED) is 0.802. The third-order valence-electron chi connectivity index (χ3n) is 3.37. The van der Waals surface area contributed by atoms with Crippen molar-refractivity contribution in [3.63, 3.8) is 0 Å². The first kappa shape index (κ1) is 15.8. The Bertz CT molecular complexity index is 603. The number of rotatable bonds is 5. The normalized spacial score (nSPS) is 23.3. The summed E-state index contributed by atoms with van der Waals surface area (Å²) in [6, 6.07) is 2.39. The van der Waals surface area contributed by atoms with Crippen molar-refractivity contribution < 1.29 is 27.8 Å². The van der Waals surface area contributed by atoms with Gasteiger partial charge in [-0.3, -0.25) is 0 Å². The van der Waals surface area contributed by atoms with Gasteiger partial charge in [0.15, 0.2) is 5.03 Å². The molecular formula is C12H16N2O6S. The molecule has 2 atom stereocenters. The maximum atomic E-state index is 12.4. The lowest BCUT2D eigenvalue weighted by Gasteiger charge is -2.15. The van der Waals surface area contributed by atoms with E-state index in [0.29, 0.717) is 0 Å². The van der Waals surface area contributed by atoms with E-state index in [9.17, 15) is 13.2 Å². The number of methoxy groups -OCH3 is 2.